The van der Waals surface area contributed by atoms with Gasteiger partial charge in [-0.2, -0.15) is 0 Å². The monoisotopic (exact) mass is 263 g/mol. The SMILES string of the molecule is CC(CO)(NCCCC1CCCO1)c1ccccc1. The van der Waals surface area contributed by atoms with E-state index in [1.807, 2.05) is 18.2 Å². The van der Waals surface area contributed by atoms with Gasteiger partial charge in [0.15, 0.2) is 0 Å². The van der Waals surface area contributed by atoms with Crippen LogP contribution in [0.1, 0.15) is 38.2 Å². The van der Waals surface area contributed by atoms with Gasteiger partial charge >= 0.3 is 0 Å². The molecule has 1 aliphatic rings. The first-order valence-electron chi connectivity index (χ1n) is 7.27. The number of aliphatic hydroxyl groups is 1. The number of ether oxygens (including phenoxy) is 1. The van der Waals surface area contributed by atoms with E-state index < -0.39 is 0 Å². The number of nitrogens with one attached hydrogen (secondary N) is 1. The molecule has 2 N–H and O–H groups in total. The van der Waals surface area contributed by atoms with Crippen LogP contribution in [-0.4, -0.2) is 31.0 Å². The number of hydrogen-bond acceptors (Lipinski definition) is 3. The zero-order chi connectivity index (χ0) is 13.6. The van der Waals surface area contributed by atoms with E-state index in [4.69, 9.17) is 4.74 Å². The first-order valence-corrected chi connectivity index (χ1v) is 7.27. The summed E-state index contributed by atoms with van der Waals surface area (Å²) in [6, 6.07) is 10.1. The van der Waals surface area contributed by atoms with Crippen molar-refractivity contribution in [3.05, 3.63) is 35.9 Å². The maximum atomic E-state index is 9.66. The molecule has 0 amide bonds. The molecule has 0 saturated carbocycles. The lowest BCUT2D eigenvalue weighted by Crippen LogP contribution is -2.43. The highest BCUT2D eigenvalue weighted by Gasteiger charge is 2.24. The van der Waals surface area contributed by atoms with Crippen molar-refractivity contribution >= 4 is 0 Å². The van der Waals surface area contributed by atoms with Crippen LogP contribution in [0.25, 0.3) is 0 Å². The highest BCUT2D eigenvalue weighted by Crippen LogP contribution is 2.20. The first-order chi connectivity index (χ1) is 9.24. The van der Waals surface area contributed by atoms with Crippen LogP contribution in [0.3, 0.4) is 0 Å². The molecule has 3 nitrogen and oxygen atoms in total. The Labute approximate surface area is 116 Å². The standard InChI is InChI=1S/C16H25NO2/c1-16(13-18,14-7-3-2-4-8-14)17-11-5-9-15-10-6-12-19-15/h2-4,7-8,15,17-18H,5-6,9-13H2,1H3. The van der Waals surface area contributed by atoms with E-state index in [0.717, 1.165) is 31.6 Å². The van der Waals surface area contributed by atoms with Crippen LogP contribution in [0, 0.1) is 0 Å². The van der Waals surface area contributed by atoms with Crippen molar-refractivity contribution in [3.8, 4) is 0 Å². The quantitative estimate of drug-likeness (QED) is 0.742. The van der Waals surface area contributed by atoms with Crippen molar-refractivity contribution in [2.75, 3.05) is 19.8 Å². The first kappa shape index (κ1) is 14.5. The molecule has 2 rings (SSSR count). The number of hydrogen-bond donors (Lipinski definition) is 2. The van der Waals surface area contributed by atoms with Crippen molar-refractivity contribution in [1.29, 1.82) is 0 Å². The van der Waals surface area contributed by atoms with Crippen molar-refractivity contribution in [1.82, 2.24) is 5.32 Å². The molecular weight excluding hydrogens is 238 g/mol. The van der Waals surface area contributed by atoms with E-state index in [9.17, 15) is 5.11 Å². The van der Waals surface area contributed by atoms with Crippen LogP contribution < -0.4 is 5.32 Å². The number of aliphatic hydroxyl groups excluding tert-OH is 1. The van der Waals surface area contributed by atoms with E-state index in [-0.39, 0.29) is 12.1 Å². The van der Waals surface area contributed by atoms with Gasteiger partial charge in [-0.25, -0.2) is 0 Å². The highest BCUT2D eigenvalue weighted by atomic mass is 16.5. The minimum absolute atomic E-state index is 0.108. The second-order valence-electron chi connectivity index (χ2n) is 5.56. The third-order valence-electron chi connectivity index (χ3n) is 3.97. The third-order valence-corrected chi connectivity index (χ3v) is 3.97. The summed E-state index contributed by atoms with van der Waals surface area (Å²) < 4.78 is 5.62. The Morgan fingerprint density at radius 1 is 1.37 bits per heavy atom. The van der Waals surface area contributed by atoms with Crippen LogP contribution in [0.4, 0.5) is 0 Å². The smallest absolute Gasteiger partial charge is 0.0652 e. The average Bonchev–Trinajstić information content (AvgIpc) is 2.97. The molecule has 1 fully saturated rings. The molecule has 106 valence electrons. The Kier molecular flexibility index (Phi) is 5.37. The molecule has 1 heterocycles. The van der Waals surface area contributed by atoms with E-state index in [1.54, 1.807) is 0 Å². The Bertz CT molecular complexity index is 362. The molecule has 2 atom stereocenters. The maximum Gasteiger partial charge on any atom is 0.0652 e. The largest absolute Gasteiger partial charge is 0.394 e. The molecule has 1 aromatic carbocycles. The highest BCUT2D eigenvalue weighted by molar-refractivity contribution is 5.23. The van der Waals surface area contributed by atoms with Crippen LogP contribution >= 0.6 is 0 Å². The van der Waals surface area contributed by atoms with Crippen LogP contribution in [0.15, 0.2) is 30.3 Å². The summed E-state index contributed by atoms with van der Waals surface area (Å²) in [5, 5.41) is 13.1. The van der Waals surface area contributed by atoms with E-state index in [2.05, 4.69) is 24.4 Å². The Hall–Kier alpha value is -0.900. The van der Waals surface area contributed by atoms with Gasteiger partial charge in [0.25, 0.3) is 0 Å². The van der Waals surface area contributed by atoms with Gasteiger partial charge in [-0.3, -0.25) is 0 Å². The Morgan fingerprint density at radius 3 is 2.79 bits per heavy atom. The maximum absolute atomic E-state index is 9.66. The van der Waals surface area contributed by atoms with Gasteiger partial charge in [0.05, 0.1) is 18.2 Å². The average molecular weight is 263 g/mol. The zero-order valence-corrected chi connectivity index (χ0v) is 11.8. The molecule has 1 aliphatic heterocycles. The summed E-state index contributed by atoms with van der Waals surface area (Å²) in [6.45, 7) is 3.99. The molecular formula is C16H25NO2. The van der Waals surface area contributed by atoms with Crippen LogP contribution in [0.2, 0.25) is 0 Å². The fourth-order valence-electron chi connectivity index (χ4n) is 2.62. The summed E-state index contributed by atoms with van der Waals surface area (Å²) in [5.74, 6) is 0. The summed E-state index contributed by atoms with van der Waals surface area (Å²) in [4.78, 5) is 0. The number of rotatable bonds is 7. The van der Waals surface area contributed by atoms with E-state index in [0.29, 0.717) is 6.10 Å². The summed E-state index contributed by atoms with van der Waals surface area (Å²) >= 11 is 0. The molecule has 3 heteroatoms. The molecule has 19 heavy (non-hydrogen) atoms. The fraction of sp³-hybridized carbons (Fsp3) is 0.625. The second kappa shape index (κ2) is 7.04. The van der Waals surface area contributed by atoms with Gasteiger partial charge in [0, 0.05) is 6.61 Å². The molecule has 0 radical (unpaired) electrons. The van der Waals surface area contributed by atoms with Crippen LogP contribution in [0.5, 0.6) is 0 Å². The third kappa shape index (κ3) is 4.03. The fourth-order valence-corrected chi connectivity index (χ4v) is 2.62. The number of benzene rings is 1. The lowest BCUT2D eigenvalue weighted by molar-refractivity contribution is 0.101. The van der Waals surface area contributed by atoms with Gasteiger partial charge in [-0.1, -0.05) is 30.3 Å². The topological polar surface area (TPSA) is 41.5 Å². The molecule has 0 spiro atoms. The van der Waals surface area contributed by atoms with Gasteiger partial charge in [-0.15, -0.1) is 0 Å². The lowest BCUT2D eigenvalue weighted by atomic mass is 9.92. The summed E-state index contributed by atoms with van der Waals surface area (Å²) in [5.41, 5.74) is 0.784. The van der Waals surface area contributed by atoms with E-state index >= 15 is 0 Å². The normalized spacial score (nSPS) is 22.3. The van der Waals surface area contributed by atoms with Crippen molar-refractivity contribution in [2.24, 2.45) is 0 Å². The zero-order valence-electron chi connectivity index (χ0n) is 11.8. The molecule has 1 saturated heterocycles. The van der Waals surface area contributed by atoms with Gasteiger partial charge in [-0.05, 0) is 44.7 Å². The predicted molar refractivity (Wildman–Crippen MR) is 77.1 cm³/mol. The lowest BCUT2D eigenvalue weighted by Gasteiger charge is -2.29. The van der Waals surface area contributed by atoms with E-state index in [1.165, 1.54) is 12.8 Å². The minimum atomic E-state index is -0.349. The summed E-state index contributed by atoms with van der Waals surface area (Å²) in [6.07, 6.45) is 5.07. The molecule has 1 aromatic rings. The van der Waals surface area contributed by atoms with Gasteiger partial charge in [0.2, 0.25) is 0 Å². The Morgan fingerprint density at radius 2 is 2.16 bits per heavy atom. The van der Waals surface area contributed by atoms with Crippen LogP contribution in [-0.2, 0) is 10.3 Å². The second-order valence-corrected chi connectivity index (χ2v) is 5.56. The predicted octanol–water partition coefficient (Wildman–Crippen LogP) is 2.44. The van der Waals surface area contributed by atoms with Gasteiger partial charge < -0.3 is 15.2 Å². The van der Waals surface area contributed by atoms with Gasteiger partial charge in [0.1, 0.15) is 0 Å². The van der Waals surface area contributed by atoms with Crippen molar-refractivity contribution in [3.63, 3.8) is 0 Å². The Balaban J connectivity index is 1.78. The van der Waals surface area contributed by atoms with Crippen molar-refractivity contribution < 1.29 is 9.84 Å². The minimum Gasteiger partial charge on any atom is -0.394 e. The molecule has 0 aromatic heterocycles. The molecule has 2 unspecified atom stereocenters. The van der Waals surface area contributed by atoms with Crippen molar-refractivity contribution in [2.45, 2.75) is 44.2 Å². The molecule has 0 bridgehead atoms. The molecule has 0 aliphatic carbocycles. The summed E-state index contributed by atoms with van der Waals surface area (Å²) in [7, 11) is 0.